The maximum Gasteiger partial charge on any atom is 0.159 e. The van der Waals surface area contributed by atoms with Gasteiger partial charge in [-0.1, -0.05) is 18.9 Å². The summed E-state index contributed by atoms with van der Waals surface area (Å²) in [6.45, 7) is 0. The molecule has 2 rings (SSSR count). The molecule has 1 aromatic carbocycles. The van der Waals surface area contributed by atoms with Crippen molar-refractivity contribution in [3.05, 3.63) is 35.4 Å². The van der Waals surface area contributed by atoms with Crippen molar-refractivity contribution in [1.29, 1.82) is 0 Å². The molecule has 1 N–H and O–H groups in total. The van der Waals surface area contributed by atoms with E-state index in [2.05, 4.69) is 5.32 Å². The highest BCUT2D eigenvalue weighted by Gasteiger charge is 2.18. The summed E-state index contributed by atoms with van der Waals surface area (Å²) in [4.78, 5) is 0. The molecule has 0 amide bonds. The van der Waals surface area contributed by atoms with Crippen LogP contribution in [0.1, 0.15) is 37.3 Å². The lowest BCUT2D eigenvalue weighted by atomic mass is 10.1. The molecule has 1 nitrogen and oxygen atoms in total. The molecule has 1 unspecified atom stereocenters. The second kappa shape index (κ2) is 6.53. The fraction of sp³-hybridized carbons (Fsp3) is 0.571. The third-order valence-electron chi connectivity index (χ3n) is 3.50. The minimum absolute atomic E-state index is 0.0886. The van der Waals surface area contributed by atoms with Crippen LogP contribution in [0.25, 0.3) is 0 Å². The zero-order valence-corrected chi connectivity index (χ0v) is 11.4. The molecule has 0 spiro atoms. The first-order valence-corrected chi connectivity index (χ1v) is 7.49. The van der Waals surface area contributed by atoms with Crippen LogP contribution >= 0.6 is 11.8 Å². The Balaban J connectivity index is 1.96. The summed E-state index contributed by atoms with van der Waals surface area (Å²) in [5, 5.41) is 3.92. The Morgan fingerprint density at radius 2 is 2.00 bits per heavy atom. The average Bonchev–Trinajstić information content (AvgIpc) is 2.87. The fourth-order valence-electron chi connectivity index (χ4n) is 2.36. The predicted octanol–water partition coefficient (Wildman–Crippen LogP) is 3.90. The summed E-state index contributed by atoms with van der Waals surface area (Å²) >= 11 is 1.94. The van der Waals surface area contributed by atoms with Crippen LogP contribution in [0.4, 0.5) is 8.78 Å². The van der Waals surface area contributed by atoms with Gasteiger partial charge in [0.05, 0.1) is 0 Å². The van der Waals surface area contributed by atoms with Gasteiger partial charge in [-0.15, -0.1) is 0 Å². The van der Waals surface area contributed by atoms with Gasteiger partial charge in [0.1, 0.15) is 0 Å². The fourth-order valence-corrected chi connectivity index (χ4v) is 3.85. The first kappa shape index (κ1) is 13.8. The van der Waals surface area contributed by atoms with Gasteiger partial charge in [-0.2, -0.15) is 11.8 Å². The molecular formula is C14H19F2NS. The number of benzene rings is 1. The molecule has 18 heavy (non-hydrogen) atoms. The van der Waals surface area contributed by atoms with Crippen LogP contribution in [0.2, 0.25) is 0 Å². The Morgan fingerprint density at radius 3 is 2.61 bits per heavy atom. The molecule has 0 aromatic heterocycles. The molecule has 1 atom stereocenters. The molecule has 100 valence electrons. The average molecular weight is 271 g/mol. The van der Waals surface area contributed by atoms with Crippen molar-refractivity contribution in [3.8, 4) is 0 Å². The van der Waals surface area contributed by atoms with Crippen LogP contribution < -0.4 is 5.32 Å². The second-order valence-electron chi connectivity index (χ2n) is 4.75. The normalized spacial score (nSPS) is 18.2. The smallest absolute Gasteiger partial charge is 0.159 e. The van der Waals surface area contributed by atoms with E-state index >= 15 is 0 Å². The maximum atomic E-state index is 13.2. The van der Waals surface area contributed by atoms with E-state index in [0.29, 0.717) is 0 Å². The SMILES string of the molecule is CNC(CSC1CCCC1)c1ccc(F)c(F)c1. The van der Waals surface area contributed by atoms with Gasteiger partial charge < -0.3 is 5.32 Å². The van der Waals surface area contributed by atoms with Gasteiger partial charge in [-0.05, 0) is 37.6 Å². The number of thioether (sulfide) groups is 1. The van der Waals surface area contributed by atoms with Gasteiger partial charge in [-0.3, -0.25) is 0 Å². The van der Waals surface area contributed by atoms with Crippen molar-refractivity contribution in [2.45, 2.75) is 37.0 Å². The van der Waals surface area contributed by atoms with Crippen molar-refractivity contribution in [2.24, 2.45) is 0 Å². The Bertz CT molecular complexity index is 391. The molecule has 0 saturated heterocycles. The number of halogens is 2. The topological polar surface area (TPSA) is 12.0 Å². The predicted molar refractivity (Wildman–Crippen MR) is 72.9 cm³/mol. The molecule has 1 aliphatic carbocycles. The summed E-state index contributed by atoms with van der Waals surface area (Å²) in [6.07, 6.45) is 5.23. The molecule has 0 heterocycles. The highest BCUT2D eigenvalue weighted by Crippen LogP contribution is 2.32. The van der Waals surface area contributed by atoms with E-state index in [1.807, 2.05) is 18.8 Å². The minimum atomic E-state index is -0.781. The van der Waals surface area contributed by atoms with E-state index in [4.69, 9.17) is 0 Å². The van der Waals surface area contributed by atoms with Crippen LogP contribution in [-0.2, 0) is 0 Å². The first-order chi connectivity index (χ1) is 8.70. The van der Waals surface area contributed by atoms with Crippen LogP contribution in [0.15, 0.2) is 18.2 Å². The number of rotatable bonds is 5. The van der Waals surface area contributed by atoms with Crippen molar-refractivity contribution >= 4 is 11.8 Å². The molecule has 0 aliphatic heterocycles. The van der Waals surface area contributed by atoms with Crippen molar-refractivity contribution in [2.75, 3.05) is 12.8 Å². The van der Waals surface area contributed by atoms with Gasteiger partial charge >= 0.3 is 0 Å². The first-order valence-electron chi connectivity index (χ1n) is 6.44. The summed E-state index contributed by atoms with van der Waals surface area (Å²) in [5.74, 6) is -0.637. The highest BCUT2D eigenvalue weighted by atomic mass is 32.2. The molecule has 1 fully saturated rings. The second-order valence-corrected chi connectivity index (χ2v) is 6.09. The Hall–Kier alpha value is -0.610. The van der Waals surface area contributed by atoms with E-state index in [0.717, 1.165) is 16.6 Å². The quantitative estimate of drug-likeness (QED) is 0.871. The van der Waals surface area contributed by atoms with Crippen LogP contribution in [0.3, 0.4) is 0 Å². The van der Waals surface area contributed by atoms with Crippen molar-refractivity contribution < 1.29 is 8.78 Å². The van der Waals surface area contributed by atoms with Gasteiger partial charge in [-0.25, -0.2) is 8.78 Å². The Labute approximate surface area is 111 Å². The largest absolute Gasteiger partial charge is 0.312 e. The molecule has 0 radical (unpaired) electrons. The molecule has 4 heteroatoms. The zero-order chi connectivity index (χ0) is 13.0. The summed E-state index contributed by atoms with van der Waals surface area (Å²) < 4.78 is 26.1. The molecule has 1 aromatic rings. The highest BCUT2D eigenvalue weighted by molar-refractivity contribution is 7.99. The lowest BCUT2D eigenvalue weighted by Gasteiger charge is -2.18. The monoisotopic (exact) mass is 271 g/mol. The minimum Gasteiger partial charge on any atom is -0.312 e. The molecule has 1 aliphatic rings. The van der Waals surface area contributed by atoms with Gasteiger partial charge in [0.25, 0.3) is 0 Å². The van der Waals surface area contributed by atoms with E-state index in [1.165, 1.54) is 37.8 Å². The van der Waals surface area contributed by atoms with Crippen molar-refractivity contribution in [3.63, 3.8) is 0 Å². The molecular weight excluding hydrogens is 252 g/mol. The number of hydrogen-bond acceptors (Lipinski definition) is 2. The van der Waals surface area contributed by atoms with Crippen LogP contribution in [0.5, 0.6) is 0 Å². The Kier molecular flexibility index (Phi) is 5.01. The van der Waals surface area contributed by atoms with E-state index in [-0.39, 0.29) is 6.04 Å². The number of hydrogen-bond donors (Lipinski definition) is 1. The molecule has 1 saturated carbocycles. The van der Waals surface area contributed by atoms with Gasteiger partial charge in [0.15, 0.2) is 11.6 Å². The molecule has 0 bridgehead atoms. The third-order valence-corrected chi connectivity index (χ3v) is 4.96. The third kappa shape index (κ3) is 3.45. The lowest BCUT2D eigenvalue weighted by Crippen LogP contribution is -2.20. The summed E-state index contributed by atoms with van der Waals surface area (Å²) in [7, 11) is 1.86. The lowest BCUT2D eigenvalue weighted by molar-refractivity contribution is 0.504. The summed E-state index contributed by atoms with van der Waals surface area (Å²) in [5.41, 5.74) is 0.821. The summed E-state index contributed by atoms with van der Waals surface area (Å²) in [6, 6.07) is 4.25. The van der Waals surface area contributed by atoms with E-state index < -0.39 is 11.6 Å². The standard InChI is InChI=1S/C14H19F2NS/c1-17-14(9-18-11-4-2-3-5-11)10-6-7-12(15)13(16)8-10/h6-8,11,14,17H,2-5,9H2,1H3. The van der Waals surface area contributed by atoms with Gasteiger partial charge in [0.2, 0.25) is 0 Å². The van der Waals surface area contributed by atoms with Crippen LogP contribution in [-0.4, -0.2) is 18.1 Å². The number of nitrogens with one attached hydrogen (secondary N) is 1. The van der Waals surface area contributed by atoms with Gasteiger partial charge in [0, 0.05) is 17.0 Å². The zero-order valence-electron chi connectivity index (χ0n) is 10.6. The van der Waals surface area contributed by atoms with Crippen molar-refractivity contribution in [1.82, 2.24) is 5.32 Å². The Morgan fingerprint density at radius 1 is 1.28 bits per heavy atom. The van der Waals surface area contributed by atoms with E-state index in [9.17, 15) is 8.78 Å². The maximum absolute atomic E-state index is 13.2. The van der Waals surface area contributed by atoms with Crippen LogP contribution in [0, 0.1) is 11.6 Å². The van der Waals surface area contributed by atoms with E-state index in [1.54, 1.807) is 6.07 Å².